The van der Waals surface area contributed by atoms with Crippen LogP contribution in [0.1, 0.15) is 19.8 Å². The van der Waals surface area contributed by atoms with Gasteiger partial charge in [0.1, 0.15) is 0 Å². The molecule has 0 spiro atoms. The van der Waals surface area contributed by atoms with Crippen LogP contribution in [-0.2, 0) is 0 Å². The Labute approximate surface area is 50.6 Å². The third kappa shape index (κ3) is 0.410. The summed E-state index contributed by atoms with van der Waals surface area (Å²) >= 11 is 0. The number of rotatable bonds is 0. The van der Waals surface area contributed by atoms with Gasteiger partial charge in [0.25, 0.3) is 0 Å². The topological polar surface area (TPSA) is 0 Å². The third-order valence-electron chi connectivity index (χ3n) is 2.72. The molecule has 2 aliphatic carbocycles. The van der Waals surface area contributed by atoms with Crippen LogP contribution in [0, 0.1) is 17.8 Å². The van der Waals surface area contributed by atoms with Crippen LogP contribution < -0.4 is 0 Å². The summed E-state index contributed by atoms with van der Waals surface area (Å²) in [4.78, 5) is 0. The Balaban J connectivity index is 2.14. The minimum absolute atomic E-state index is 0.897. The normalized spacial score (nSPS) is 50.9. The molecule has 3 atom stereocenters. The predicted molar refractivity (Wildman–Crippen MR) is 34.5 cm³/mol. The SMILES string of the molecule is C[C@@H]1C=C[C@H]2CC[C@@H]12. The number of fused-ring (bicyclic) bond motifs is 1. The average molecular weight is 108 g/mol. The molecule has 0 aromatic carbocycles. The Morgan fingerprint density at radius 2 is 2.12 bits per heavy atom. The Hall–Kier alpha value is -0.260. The fourth-order valence-electron chi connectivity index (χ4n) is 1.90. The molecule has 0 aromatic rings. The van der Waals surface area contributed by atoms with Gasteiger partial charge in [0, 0.05) is 0 Å². The molecule has 0 N–H and O–H groups in total. The van der Waals surface area contributed by atoms with Gasteiger partial charge in [0.15, 0.2) is 0 Å². The first-order valence-electron chi connectivity index (χ1n) is 3.56. The summed E-state index contributed by atoms with van der Waals surface area (Å²) in [7, 11) is 0. The lowest BCUT2D eigenvalue weighted by Gasteiger charge is -2.32. The summed E-state index contributed by atoms with van der Waals surface area (Å²) < 4.78 is 0. The van der Waals surface area contributed by atoms with Gasteiger partial charge in [-0.2, -0.15) is 0 Å². The third-order valence-corrected chi connectivity index (χ3v) is 2.72. The zero-order valence-electron chi connectivity index (χ0n) is 5.30. The van der Waals surface area contributed by atoms with Crippen LogP contribution in [0.5, 0.6) is 0 Å². The first-order valence-corrected chi connectivity index (χ1v) is 3.56. The summed E-state index contributed by atoms with van der Waals surface area (Å²) in [6.07, 6.45) is 7.73. The minimum Gasteiger partial charge on any atom is -0.0851 e. The van der Waals surface area contributed by atoms with Gasteiger partial charge < -0.3 is 0 Å². The summed E-state index contributed by atoms with van der Waals surface area (Å²) in [6, 6.07) is 0. The van der Waals surface area contributed by atoms with Crippen molar-refractivity contribution in [1.82, 2.24) is 0 Å². The van der Waals surface area contributed by atoms with E-state index in [-0.39, 0.29) is 0 Å². The molecule has 0 nitrogen and oxygen atoms in total. The molecule has 0 amide bonds. The van der Waals surface area contributed by atoms with Crippen LogP contribution in [0.15, 0.2) is 12.2 Å². The van der Waals surface area contributed by atoms with Crippen molar-refractivity contribution in [2.75, 3.05) is 0 Å². The molecule has 44 valence electrons. The van der Waals surface area contributed by atoms with Gasteiger partial charge in [0.05, 0.1) is 0 Å². The molecule has 0 unspecified atom stereocenters. The molecular weight excluding hydrogens is 96.1 g/mol. The van der Waals surface area contributed by atoms with E-state index in [1.165, 1.54) is 12.8 Å². The summed E-state index contributed by atoms with van der Waals surface area (Å²) in [5.41, 5.74) is 0. The van der Waals surface area contributed by atoms with Crippen LogP contribution in [0.4, 0.5) is 0 Å². The van der Waals surface area contributed by atoms with Crippen molar-refractivity contribution in [1.29, 1.82) is 0 Å². The molecule has 0 heterocycles. The van der Waals surface area contributed by atoms with E-state index in [1.807, 2.05) is 0 Å². The minimum atomic E-state index is 0.897. The molecule has 2 aliphatic rings. The number of hydrogen-bond acceptors (Lipinski definition) is 0. The van der Waals surface area contributed by atoms with E-state index in [4.69, 9.17) is 0 Å². The lowest BCUT2D eigenvalue weighted by molar-refractivity contribution is 0.202. The number of hydrogen-bond donors (Lipinski definition) is 0. The van der Waals surface area contributed by atoms with E-state index < -0.39 is 0 Å². The predicted octanol–water partition coefficient (Wildman–Crippen LogP) is 2.22. The monoisotopic (exact) mass is 108 g/mol. The second-order valence-electron chi connectivity index (χ2n) is 3.15. The van der Waals surface area contributed by atoms with Gasteiger partial charge in [-0.15, -0.1) is 0 Å². The van der Waals surface area contributed by atoms with E-state index in [0.717, 1.165) is 17.8 Å². The largest absolute Gasteiger partial charge is 0.0851 e. The highest BCUT2D eigenvalue weighted by Crippen LogP contribution is 2.45. The molecule has 0 saturated heterocycles. The van der Waals surface area contributed by atoms with Gasteiger partial charge in [-0.25, -0.2) is 0 Å². The lowest BCUT2D eigenvalue weighted by atomic mass is 9.72. The zero-order chi connectivity index (χ0) is 5.56. The average Bonchev–Trinajstić information content (AvgIpc) is 1.80. The summed E-state index contributed by atoms with van der Waals surface area (Å²) in [5, 5.41) is 0. The lowest BCUT2D eigenvalue weighted by Crippen LogP contribution is -2.24. The summed E-state index contributed by atoms with van der Waals surface area (Å²) in [5.74, 6) is 2.94. The van der Waals surface area contributed by atoms with E-state index in [2.05, 4.69) is 19.1 Å². The van der Waals surface area contributed by atoms with Crippen molar-refractivity contribution in [3.8, 4) is 0 Å². The van der Waals surface area contributed by atoms with Gasteiger partial charge in [-0.1, -0.05) is 19.1 Å². The Morgan fingerprint density at radius 3 is 2.38 bits per heavy atom. The molecule has 1 saturated carbocycles. The van der Waals surface area contributed by atoms with Crippen molar-refractivity contribution in [2.45, 2.75) is 19.8 Å². The first kappa shape index (κ1) is 4.60. The fraction of sp³-hybridized carbons (Fsp3) is 0.750. The molecule has 8 heavy (non-hydrogen) atoms. The highest BCUT2D eigenvalue weighted by molar-refractivity contribution is 5.09. The smallest absolute Gasteiger partial charge is 0.0199 e. The second-order valence-corrected chi connectivity index (χ2v) is 3.15. The van der Waals surface area contributed by atoms with Crippen LogP contribution in [-0.4, -0.2) is 0 Å². The van der Waals surface area contributed by atoms with Crippen LogP contribution in [0.3, 0.4) is 0 Å². The van der Waals surface area contributed by atoms with Crippen molar-refractivity contribution in [3.05, 3.63) is 12.2 Å². The fourth-order valence-corrected chi connectivity index (χ4v) is 1.90. The van der Waals surface area contributed by atoms with Crippen LogP contribution in [0.2, 0.25) is 0 Å². The highest BCUT2D eigenvalue weighted by Gasteiger charge is 2.35. The molecule has 0 aliphatic heterocycles. The van der Waals surface area contributed by atoms with Gasteiger partial charge in [-0.3, -0.25) is 0 Å². The standard InChI is InChI=1S/C8H12/c1-6-2-3-7-4-5-8(6)7/h2-3,6-8H,4-5H2,1H3/t6-,7+,8+/m1/s1. The Morgan fingerprint density at radius 1 is 1.25 bits per heavy atom. The summed E-state index contributed by atoms with van der Waals surface area (Å²) in [6.45, 7) is 2.33. The zero-order valence-corrected chi connectivity index (χ0v) is 5.30. The molecular formula is C8H12. The molecule has 1 fully saturated rings. The van der Waals surface area contributed by atoms with E-state index in [1.54, 1.807) is 0 Å². The van der Waals surface area contributed by atoms with E-state index in [9.17, 15) is 0 Å². The molecule has 0 bridgehead atoms. The van der Waals surface area contributed by atoms with Crippen LogP contribution >= 0.6 is 0 Å². The maximum atomic E-state index is 2.40. The van der Waals surface area contributed by atoms with Gasteiger partial charge >= 0.3 is 0 Å². The van der Waals surface area contributed by atoms with Crippen LogP contribution in [0.25, 0.3) is 0 Å². The second kappa shape index (κ2) is 1.37. The molecule has 0 heteroatoms. The first-order chi connectivity index (χ1) is 3.88. The van der Waals surface area contributed by atoms with E-state index in [0.29, 0.717) is 0 Å². The van der Waals surface area contributed by atoms with Crippen molar-refractivity contribution < 1.29 is 0 Å². The molecule has 0 aromatic heterocycles. The van der Waals surface area contributed by atoms with Crippen molar-refractivity contribution >= 4 is 0 Å². The van der Waals surface area contributed by atoms with Crippen molar-refractivity contribution in [3.63, 3.8) is 0 Å². The van der Waals surface area contributed by atoms with Crippen molar-refractivity contribution in [2.24, 2.45) is 17.8 Å². The highest BCUT2D eigenvalue weighted by atomic mass is 14.4. The molecule has 2 rings (SSSR count). The quantitative estimate of drug-likeness (QED) is 0.417. The maximum Gasteiger partial charge on any atom is -0.0199 e. The van der Waals surface area contributed by atoms with Gasteiger partial charge in [0.2, 0.25) is 0 Å². The Bertz CT molecular complexity index is 116. The Kier molecular flexibility index (Phi) is 0.787. The van der Waals surface area contributed by atoms with E-state index >= 15 is 0 Å². The number of allylic oxidation sites excluding steroid dienone is 2. The van der Waals surface area contributed by atoms with Gasteiger partial charge in [-0.05, 0) is 30.6 Å². The maximum absolute atomic E-state index is 2.40. The molecule has 0 radical (unpaired) electrons.